The highest BCUT2D eigenvalue weighted by atomic mass is 32.1. The Morgan fingerprint density at radius 3 is 2.55 bits per heavy atom. The van der Waals surface area contributed by atoms with E-state index in [-0.39, 0.29) is 0 Å². The molecule has 4 nitrogen and oxygen atoms in total. The van der Waals surface area contributed by atoms with Crippen molar-refractivity contribution in [3.63, 3.8) is 0 Å². The molecular formula is C15H25N3OS. The second-order valence-electron chi connectivity index (χ2n) is 5.10. The first-order valence-electron chi connectivity index (χ1n) is 6.85. The molecule has 0 atom stereocenters. The van der Waals surface area contributed by atoms with Crippen LogP contribution in [0, 0.1) is 13.8 Å². The third-order valence-corrected chi connectivity index (χ3v) is 3.11. The van der Waals surface area contributed by atoms with Crippen LogP contribution in [0.5, 0.6) is 5.75 Å². The molecule has 0 saturated carbocycles. The molecule has 20 heavy (non-hydrogen) atoms. The van der Waals surface area contributed by atoms with Gasteiger partial charge in [-0.05, 0) is 51.8 Å². The number of nitrogens with zero attached hydrogens (tertiary/aromatic N) is 1. The summed E-state index contributed by atoms with van der Waals surface area (Å²) in [5, 5.41) is 6.97. The summed E-state index contributed by atoms with van der Waals surface area (Å²) >= 11 is 5.18. The first kappa shape index (κ1) is 16.7. The van der Waals surface area contributed by atoms with Gasteiger partial charge in [-0.2, -0.15) is 0 Å². The molecule has 0 radical (unpaired) electrons. The fraction of sp³-hybridized carbons (Fsp3) is 0.533. The van der Waals surface area contributed by atoms with Gasteiger partial charge in [-0.25, -0.2) is 0 Å². The minimum Gasteiger partial charge on any atom is -0.491 e. The lowest BCUT2D eigenvalue weighted by atomic mass is 10.1. The number of rotatable bonds is 7. The molecular weight excluding hydrogens is 270 g/mol. The predicted octanol–water partition coefficient (Wildman–Crippen LogP) is 1.71. The molecule has 5 heteroatoms. The van der Waals surface area contributed by atoms with Crippen LogP contribution < -0.4 is 15.4 Å². The predicted molar refractivity (Wildman–Crippen MR) is 88.6 cm³/mol. The summed E-state index contributed by atoms with van der Waals surface area (Å²) in [6.07, 6.45) is 0. The van der Waals surface area contributed by atoms with Crippen molar-refractivity contribution in [2.45, 2.75) is 13.8 Å². The molecule has 1 rings (SSSR count). The Balaban J connectivity index is 2.16. The van der Waals surface area contributed by atoms with Gasteiger partial charge in [0.15, 0.2) is 5.11 Å². The van der Waals surface area contributed by atoms with Crippen LogP contribution in [0.15, 0.2) is 18.2 Å². The molecule has 0 heterocycles. The van der Waals surface area contributed by atoms with Gasteiger partial charge in [0.1, 0.15) is 12.4 Å². The number of likely N-dealkylation sites (N-methyl/N-ethyl adjacent to an activating group) is 1. The van der Waals surface area contributed by atoms with Crippen molar-refractivity contribution >= 4 is 17.3 Å². The number of hydrogen-bond donors (Lipinski definition) is 2. The van der Waals surface area contributed by atoms with Crippen molar-refractivity contribution in [2.75, 3.05) is 40.3 Å². The molecule has 0 bridgehead atoms. The van der Waals surface area contributed by atoms with Crippen LogP contribution >= 0.6 is 12.2 Å². The van der Waals surface area contributed by atoms with Gasteiger partial charge in [0.05, 0.1) is 6.54 Å². The highest BCUT2D eigenvalue weighted by molar-refractivity contribution is 7.80. The Hall–Kier alpha value is -1.33. The summed E-state index contributed by atoms with van der Waals surface area (Å²) in [5.41, 5.74) is 2.41. The highest BCUT2D eigenvalue weighted by Gasteiger charge is 2.00. The van der Waals surface area contributed by atoms with Crippen LogP contribution in [0.4, 0.5) is 0 Å². The minimum absolute atomic E-state index is 0.597. The van der Waals surface area contributed by atoms with Gasteiger partial charge in [-0.1, -0.05) is 17.7 Å². The normalized spacial score (nSPS) is 10.4. The standard InChI is InChI=1S/C15H25N3OS/c1-12-5-6-14(13(2)11-12)19-10-8-17-15(20)16-7-9-18(3)4/h5-6,11H,7-10H2,1-4H3,(H2,16,17,20). The van der Waals surface area contributed by atoms with Crippen molar-refractivity contribution in [2.24, 2.45) is 0 Å². The fourth-order valence-corrected chi connectivity index (χ4v) is 1.95. The number of thiocarbonyl (C=S) groups is 1. The van der Waals surface area contributed by atoms with Gasteiger partial charge >= 0.3 is 0 Å². The molecule has 2 N–H and O–H groups in total. The zero-order chi connectivity index (χ0) is 15.0. The molecule has 0 aliphatic rings. The molecule has 0 aromatic heterocycles. The van der Waals surface area contributed by atoms with Gasteiger partial charge in [0.25, 0.3) is 0 Å². The number of benzene rings is 1. The van der Waals surface area contributed by atoms with Crippen LogP contribution in [0.25, 0.3) is 0 Å². The van der Waals surface area contributed by atoms with Gasteiger partial charge in [-0.15, -0.1) is 0 Å². The Morgan fingerprint density at radius 2 is 1.90 bits per heavy atom. The zero-order valence-corrected chi connectivity index (χ0v) is 13.6. The van der Waals surface area contributed by atoms with Gasteiger partial charge < -0.3 is 20.3 Å². The van der Waals surface area contributed by atoms with E-state index in [4.69, 9.17) is 17.0 Å². The van der Waals surface area contributed by atoms with Crippen molar-refractivity contribution in [3.8, 4) is 5.75 Å². The molecule has 0 fully saturated rings. The van der Waals surface area contributed by atoms with Gasteiger partial charge in [-0.3, -0.25) is 0 Å². The van der Waals surface area contributed by atoms with E-state index in [0.29, 0.717) is 18.3 Å². The largest absolute Gasteiger partial charge is 0.491 e. The third-order valence-electron chi connectivity index (χ3n) is 2.82. The Bertz CT molecular complexity index is 435. The van der Waals surface area contributed by atoms with E-state index in [0.717, 1.165) is 24.4 Å². The number of hydrogen-bond acceptors (Lipinski definition) is 3. The number of nitrogens with one attached hydrogen (secondary N) is 2. The Kier molecular flexibility index (Phi) is 7.33. The van der Waals surface area contributed by atoms with Crippen LogP contribution in [-0.2, 0) is 0 Å². The van der Waals surface area contributed by atoms with E-state index in [1.165, 1.54) is 5.56 Å². The van der Waals surface area contributed by atoms with Gasteiger partial charge in [0, 0.05) is 13.1 Å². The van der Waals surface area contributed by atoms with Gasteiger partial charge in [0.2, 0.25) is 0 Å². The number of aryl methyl sites for hydroxylation is 2. The smallest absolute Gasteiger partial charge is 0.166 e. The molecule has 0 aliphatic carbocycles. The second kappa shape index (κ2) is 8.76. The fourth-order valence-electron chi connectivity index (χ4n) is 1.74. The summed E-state index contributed by atoms with van der Waals surface area (Å²) in [7, 11) is 4.08. The van der Waals surface area contributed by atoms with E-state index < -0.39 is 0 Å². The van der Waals surface area contributed by atoms with Crippen LogP contribution in [-0.4, -0.2) is 50.3 Å². The van der Waals surface area contributed by atoms with Crippen LogP contribution in [0.1, 0.15) is 11.1 Å². The Labute approximate surface area is 127 Å². The maximum absolute atomic E-state index is 5.73. The third kappa shape index (κ3) is 6.73. The monoisotopic (exact) mass is 295 g/mol. The van der Waals surface area contributed by atoms with E-state index in [2.05, 4.69) is 41.5 Å². The lowest BCUT2D eigenvalue weighted by Crippen LogP contribution is -2.40. The maximum atomic E-state index is 5.73. The average molecular weight is 295 g/mol. The quantitative estimate of drug-likeness (QED) is 0.591. The summed E-state index contributed by atoms with van der Waals surface area (Å²) < 4.78 is 5.73. The van der Waals surface area contributed by atoms with Crippen molar-refractivity contribution < 1.29 is 4.74 Å². The lowest BCUT2D eigenvalue weighted by Gasteiger charge is -2.14. The Morgan fingerprint density at radius 1 is 1.20 bits per heavy atom. The molecule has 0 spiro atoms. The topological polar surface area (TPSA) is 36.5 Å². The summed E-state index contributed by atoms with van der Waals surface area (Å²) in [4.78, 5) is 2.11. The lowest BCUT2D eigenvalue weighted by molar-refractivity contribution is 0.320. The van der Waals surface area contributed by atoms with E-state index in [1.807, 2.05) is 20.2 Å². The van der Waals surface area contributed by atoms with Crippen LogP contribution in [0.2, 0.25) is 0 Å². The second-order valence-corrected chi connectivity index (χ2v) is 5.51. The van der Waals surface area contributed by atoms with Crippen molar-refractivity contribution in [3.05, 3.63) is 29.3 Å². The molecule has 1 aromatic rings. The maximum Gasteiger partial charge on any atom is 0.166 e. The summed E-state index contributed by atoms with van der Waals surface area (Å²) in [6.45, 7) is 7.23. The molecule has 112 valence electrons. The van der Waals surface area contributed by atoms with E-state index in [9.17, 15) is 0 Å². The molecule has 0 aliphatic heterocycles. The average Bonchev–Trinajstić information content (AvgIpc) is 2.36. The summed E-state index contributed by atoms with van der Waals surface area (Å²) in [6, 6.07) is 6.19. The highest BCUT2D eigenvalue weighted by Crippen LogP contribution is 2.18. The van der Waals surface area contributed by atoms with E-state index >= 15 is 0 Å². The molecule has 0 saturated heterocycles. The summed E-state index contributed by atoms with van der Waals surface area (Å²) in [5.74, 6) is 0.934. The first-order valence-corrected chi connectivity index (χ1v) is 7.26. The first-order chi connectivity index (χ1) is 9.49. The van der Waals surface area contributed by atoms with E-state index in [1.54, 1.807) is 0 Å². The zero-order valence-electron chi connectivity index (χ0n) is 12.8. The molecule has 0 amide bonds. The molecule has 1 aromatic carbocycles. The van der Waals surface area contributed by atoms with Crippen molar-refractivity contribution in [1.29, 1.82) is 0 Å². The molecule has 0 unspecified atom stereocenters. The van der Waals surface area contributed by atoms with Crippen LogP contribution in [0.3, 0.4) is 0 Å². The minimum atomic E-state index is 0.597. The van der Waals surface area contributed by atoms with Crippen molar-refractivity contribution in [1.82, 2.24) is 15.5 Å². The number of ether oxygens (including phenoxy) is 1. The SMILES string of the molecule is Cc1ccc(OCCNC(=S)NCCN(C)C)c(C)c1.